The number of alkyl halides is 6. The van der Waals surface area contributed by atoms with Crippen LogP contribution in [0, 0.1) is 0 Å². The molecule has 0 radical (unpaired) electrons. The number of rotatable bonds is 6. The summed E-state index contributed by atoms with van der Waals surface area (Å²) < 4.78 is 76.2. The van der Waals surface area contributed by atoms with Crippen LogP contribution in [0.5, 0.6) is 0 Å². The van der Waals surface area contributed by atoms with E-state index in [9.17, 15) is 31.1 Å². The van der Waals surface area contributed by atoms with Crippen LogP contribution in [0.25, 0.3) is 0 Å². The van der Waals surface area contributed by atoms with Crippen molar-refractivity contribution in [1.29, 1.82) is 0 Å². The van der Waals surface area contributed by atoms with Gasteiger partial charge in [0.15, 0.2) is 11.3 Å². The molecule has 1 nitrogen and oxygen atoms in total. The van der Waals surface area contributed by atoms with Crippen molar-refractivity contribution < 1.29 is 31.1 Å². The van der Waals surface area contributed by atoms with Gasteiger partial charge in [0.05, 0.1) is 0 Å². The molecule has 0 fully saturated rings. The van der Waals surface area contributed by atoms with Crippen LogP contribution in [-0.2, 0) is 4.79 Å². The molecule has 0 saturated carbocycles. The predicted octanol–water partition coefficient (Wildman–Crippen LogP) is 3.62. The maximum atomic E-state index is 13.0. The molecule has 0 heterocycles. The molecule has 0 aromatic heterocycles. The molecule has 2 atom stereocenters. The second-order valence-electron chi connectivity index (χ2n) is 3.59. The summed E-state index contributed by atoms with van der Waals surface area (Å²) in [6.45, 7) is 1.11. The highest BCUT2D eigenvalue weighted by Crippen LogP contribution is 2.38. The fourth-order valence-corrected chi connectivity index (χ4v) is 1.61. The van der Waals surface area contributed by atoms with Crippen LogP contribution in [-0.4, -0.2) is 35.1 Å². The maximum Gasteiger partial charge on any atom is 0.315 e. The number of carbonyl (C=O) groups excluding carboxylic acids is 1. The molecule has 0 aromatic rings. The number of halogens is 6. The van der Waals surface area contributed by atoms with Crippen LogP contribution in [0.15, 0.2) is 0 Å². The van der Waals surface area contributed by atoms with Gasteiger partial charge in [0.1, 0.15) is 0 Å². The zero-order chi connectivity index (χ0) is 13.9. The summed E-state index contributed by atoms with van der Waals surface area (Å²) in [6, 6.07) is 0. The van der Waals surface area contributed by atoms with E-state index in [4.69, 9.17) is 0 Å². The van der Waals surface area contributed by atoms with Crippen LogP contribution in [0.1, 0.15) is 20.3 Å². The smallest absolute Gasteiger partial charge is 0.288 e. The molecule has 8 heteroatoms. The molecule has 0 aliphatic heterocycles. The molecule has 0 aromatic carbocycles. The number of hydrogen-bond acceptors (Lipinski definition) is 2. The lowest BCUT2D eigenvalue weighted by Crippen LogP contribution is -2.48. The van der Waals surface area contributed by atoms with Crippen LogP contribution in [0.4, 0.5) is 26.3 Å². The Kier molecular flexibility index (Phi) is 5.83. The second kappa shape index (κ2) is 5.97. The molecule has 17 heavy (non-hydrogen) atoms. The Morgan fingerprint density at radius 3 is 2.06 bits per heavy atom. The molecule has 0 N–H and O–H groups in total. The monoisotopic (exact) mass is 282 g/mol. The van der Waals surface area contributed by atoms with E-state index in [1.54, 1.807) is 0 Å². The van der Waals surface area contributed by atoms with Gasteiger partial charge in [-0.3, -0.25) is 4.79 Å². The lowest BCUT2D eigenvalue weighted by molar-refractivity contribution is -0.200. The van der Waals surface area contributed by atoms with Crippen LogP contribution in [0.3, 0.4) is 0 Å². The van der Waals surface area contributed by atoms with Crippen molar-refractivity contribution in [3.8, 4) is 0 Å². The number of carbonyl (C=O) groups is 1. The summed E-state index contributed by atoms with van der Waals surface area (Å²) >= 11 is 0.573. The van der Waals surface area contributed by atoms with Gasteiger partial charge in [-0.15, -0.1) is 0 Å². The second-order valence-corrected chi connectivity index (χ2v) is 4.86. The zero-order valence-electron chi connectivity index (χ0n) is 9.15. The van der Waals surface area contributed by atoms with Gasteiger partial charge in [0.2, 0.25) is 6.17 Å². The Balaban J connectivity index is 4.43. The van der Waals surface area contributed by atoms with Crippen molar-refractivity contribution in [2.45, 2.75) is 44.5 Å². The van der Waals surface area contributed by atoms with Gasteiger partial charge in [0, 0.05) is 19.6 Å². The molecule has 0 rings (SSSR count). The van der Waals surface area contributed by atoms with Gasteiger partial charge < -0.3 is 0 Å². The highest BCUT2D eigenvalue weighted by molar-refractivity contribution is 8.13. The average molecular weight is 282 g/mol. The molecule has 0 aliphatic rings. The third-order valence-electron chi connectivity index (χ3n) is 1.88. The van der Waals surface area contributed by atoms with E-state index < -0.39 is 35.7 Å². The zero-order valence-corrected chi connectivity index (χ0v) is 9.97. The van der Waals surface area contributed by atoms with E-state index in [-0.39, 0.29) is 12.7 Å². The molecule has 0 bridgehead atoms. The summed E-state index contributed by atoms with van der Waals surface area (Å²) in [5, 5.41) is -0.418. The van der Waals surface area contributed by atoms with E-state index in [0.717, 1.165) is 6.92 Å². The van der Waals surface area contributed by atoms with Crippen molar-refractivity contribution in [2.24, 2.45) is 0 Å². The third kappa shape index (κ3) is 5.18. The lowest BCUT2D eigenvalue weighted by Gasteiger charge is -2.27. The van der Waals surface area contributed by atoms with Gasteiger partial charge >= 0.3 is 5.92 Å². The van der Waals surface area contributed by atoms with Crippen LogP contribution >= 0.6 is 11.8 Å². The van der Waals surface area contributed by atoms with Gasteiger partial charge in [-0.2, -0.15) is 8.78 Å². The molecule has 0 spiro atoms. The Morgan fingerprint density at radius 1 is 1.24 bits per heavy atom. The molecule has 0 aliphatic carbocycles. The van der Waals surface area contributed by atoms with Gasteiger partial charge in [-0.05, 0) is 6.42 Å². The van der Waals surface area contributed by atoms with Crippen LogP contribution < -0.4 is 0 Å². The summed E-state index contributed by atoms with van der Waals surface area (Å²) in [4.78, 5) is 10.4. The van der Waals surface area contributed by atoms with E-state index in [0.29, 0.717) is 11.8 Å². The van der Waals surface area contributed by atoms with Crippen LogP contribution in [0.2, 0.25) is 0 Å². The molecule has 2 unspecified atom stereocenters. The first-order valence-corrected chi connectivity index (χ1v) is 5.65. The Hall–Kier alpha value is -0.400. The SMILES string of the molecule is CC(=O)SCCC(F)C(F)(F)C(F)C(C)(F)F. The Labute approximate surface area is 98.9 Å². The molecular weight excluding hydrogens is 270 g/mol. The van der Waals surface area contributed by atoms with Gasteiger partial charge in [-0.25, -0.2) is 17.6 Å². The fraction of sp³-hybridized carbons (Fsp3) is 0.889. The van der Waals surface area contributed by atoms with Gasteiger partial charge in [-0.1, -0.05) is 11.8 Å². The summed E-state index contributed by atoms with van der Waals surface area (Å²) in [6.07, 6.45) is -7.80. The standard InChI is InChI=1S/C9H12F6OS/c1-5(16)17-4-3-6(10)9(14,15)7(11)8(2,12)13/h6-7H,3-4H2,1-2H3. The summed E-state index contributed by atoms with van der Waals surface area (Å²) in [5.41, 5.74) is 0. The Bertz CT molecular complexity index is 265. The summed E-state index contributed by atoms with van der Waals surface area (Å²) in [7, 11) is 0. The van der Waals surface area contributed by atoms with E-state index in [2.05, 4.69) is 0 Å². The van der Waals surface area contributed by atoms with E-state index in [1.165, 1.54) is 0 Å². The van der Waals surface area contributed by atoms with Crippen molar-refractivity contribution >= 4 is 16.9 Å². The molecule has 0 amide bonds. The van der Waals surface area contributed by atoms with E-state index in [1.807, 2.05) is 0 Å². The fourth-order valence-electron chi connectivity index (χ4n) is 0.995. The number of hydrogen-bond donors (Lipinski definition) is 0. The first kappa shape index (κ1) is 16.6. The highest BCUT2D eigenvalue weighted by Gasteiger charge is 2.57. The first-order chi connectivity index (χ1) is 7.49. The highest BCUT2D eigenvalue weighted by atomic mass is 32.2. The third-order valence-corrected chi connectivity index (χ3v) is 2.72. The summed E-state index contributed by atoms with van der Waals surface area (Å²) in [5.74, 6) is -9.40. The van der Waals surface area contributed by atoms with E-state index >= 15 is 0 Å². The predicted molar refractivity (Wildman–Crippen MR) is 53.1 cm³/mol. The van der Waals surface area contributed by atoms with Crippen molar-refractivity contribution in [2.75, 3.05) is 5.75 Å². The van der Waals surface area contributed by atoms with Crippen molar-refractivity contribution in [3.63, 3.8) is 0 Å². The quantitative estimate of drug-likeness (QED) is 0.692. The van der Waals surface area contributed by atoms with Gasteiger partial charge in [0.25, 0.3) is 5.92 Å². The Morgan fingerprint density at radius 2 is 1.71 bits per heavy atom. The topological polar surface area (TPSA) is 17.1 Å². The van der Waals surface area contributed by atoms with Crippen molar-refractivity contribution in [3.05, 3.63) is 0 Å². The average Bonchev–Trinajstić information content (AvgIpc) is 2.14. The minimum atomic E-state index is -4.77. The molecule has 102 valence electrons. The minimum Gasteiger partial charge on any atom is -0.288 e. The first-order valence-electron chi connectivity index (χ1n) is 4.66. The van der Waals surface area contributed by atoms with Crippen molar-refractivity contribution in [1.82, 2.24) is 0 Å². The normalized spacial score (nSPS) is 16.7. The largest absolute Gasteiger partial charge is 0.315 e. The maximum absolute atomic E-state index is 13.0. The minimum absolute atomic E-state index is 0.0391. The number of thioether (sulfide) groups is 1. The molecule has 0 saturated heterocycles. The lowest BCUT2D eigenvalue weighted by atomic mass is 10.0. The molecular formula is C9H12F6OS.